The molecule has 0 spiro atoms. The molecular weight excluding hydrogens is 346 g/mol. The maximum Gasteiger partial charge on any atom is 0.267 e. The Kier molecular flexibility index (Phi) is 5.30. The topological polar surface area (TPSA) is 106 Å². The summed E-state index contributed by atoms with van der Waals surface area (Å²) < 4.78 is 10.6. The maximum atomic E-state index is 12.4. The summed E-state index contributed by atoms with van der Waals surface area (Å²) in [5, 5.41) is 3.87. The Morgan fingerprint density at radius 1 is 1.11 bits per heavy atom. The number of H-pyrrole nitrogens is 1. The number of primary amides is 1. The third-order valence-electron chi connectivity index (χ3n) is 4.07. The van der Waals surface area contributed by atoms with Gasteiger partial charge < -0.3 is 25.5 Å². The lowest BCUT2D eigenvalue weighted by Crippen LogP contribution is -2.23. The molecule has 0 unspecified atom stereocenters. The van der Waals surface area contributed by atoms with Crippen LogP contribution in [0.5, 0.6) is 11.5 Å². The van der Waals surface area contributed by atoms with E-state index in [4.69, 9.17) is 15.2 Å². The van der Waals surface area contributed by atoms with Crippen LogP contribution in [0.2, 0.25) is 0 Å². The summed E-state index contributed by atoms with van der Waals surface area (Å²) >= 11 is 0. The molecule has 0 fully saturated rings. The molecule has 2 amide bonds. The quantitative estimate of drug-likeness (QED) is 0.595. The van der Waals surface area contributed by atoms with Crippen LogP contribution in [0.3, 0.4) is 0 Å². The number of methoxy groups -OCH3 is 1. The van der Waals surface area contributed by atoms with Crippen LogP contribution in [0.15, 0.2) is 42.5 Å². The molecule has 27 heavy (non-hydrogen) atoms. The number of nitrogens with one attached hydrogen (secondary N) is 2. The number of rotatable bonds is 7. The molecule has 0 bridgehead atoms. The molecule has 0 radical (unpaired) electrons. The van der Waals surface area contributed by atoms with E-state index in [1.165, 1.54) is 7.11 Å². The molecule has 7 nitrogen and oxygen atoms in total. The first-order valence-electron chi connectivity index (χ1n) is 8.42. The molecule has 140 valence electrons. The smallest absolute Gasteiger partial charge is 0.267 e. The first-order chi connectivity index (χ1) is 13.0. The standard InChI is InChI=1S/C20H21N3O4/c1-12-3-5-15-14(7-12)9-16(23-15)20(25)22-10-13-4-6-17(18(8-13)26-2)27-11-19(21)24/h3-9,23H,10-11H2,1-2H3,(H2,21,24)(H,22,25). The van der Waals surface area contributed by atoms with Gasteiger partial charge >= 0.3 is 0 Å². The first-order valence-corrected chi connectivity index (χ1v) is 8.42. The highest BCUT2D eigenvalue weighted by Gasteiger charge is 2.11. The number of hydrogen-bond donors (Lipinski definition) is 3. The lowest BCUT2D eigenvalue weighted by atomic mass is 10.2. The van der Waals surface area contributed by atoms with Crippen molar-refractivity contribution in [2.45, 2.75) is 13.5 Å². The number of aromatic amines is 1. The predicted molar refractivity (Wildman–Crippen MR) is 102 cm³/mol. The van der Waals surface area contributed by atoms with Crippen molar-refractivity contribution in [1.82, 2.24) is 10.3 Å². The average molecular weight is 367 g/mol. The zero-order valence-corrected chi connectivity index (χ0v) is 15.2. The predicted octanol–water partition coefficient (Wildman–Crippen LogP) is 2.28. The van der Waals surface area contributed by atoms with E-state index in [1.54, 1.807) is 18.2 Å². The maximum absolute atomic E-state index is 12.4. The SMILES string of the molecule is COc1cc(CNC(=O)c2cc3cc(C)ccc3[nH]2)ccc1OCC(N)=O. The van der Waals surface area contributed by atoms with Crippen molar-refractivity contribution in [2.75, 3.05) is 13.7 Å². The Hall–Kier alpha value is -3.48. The van der Waals surface area contributed by atoms with Crippen LogP contribution >= 0.6 is 0 Å². The fraction of sp³-hybridized carbons (Fsp3) is 0.200. The van der Waals surface area contributed by atoms with Gasteiger partial charge in [0, 0.05) is 17.4 Å². The summed E-state index contributed by atoms with van der Waals surface area (Å²) in [5.74, 6) is 0.111. The number of carbonyl (C=O) groups excluding carboxylic acids is 2. The van der Waals surface area contributed by atoms with Gasteiger partial charge in [0.05, 0.1) is 7.11 Å². The number of nitrogens with two attached hydrogens (primary N) is 1. The number of aryl methyl sites for hydroxylation is 1. The van der Waals surface area contributed by atoms with E-state index in [1.807, 2.05) is 31.2 Å². The van der Waals surface area contributed by atoms with Crippen molar-refractivity contribution in [2.24, 2.45) is 5.73 Å². The molecule has 0 atom stereocenters. The lowest BCUT2D eigenvalue weighted by Gasteiger charge is -2.11. The van der Waals surface area contributed by atoms with Crippen molar-refractivity contribution < 1.29 is 19.1 Å². The van der Waals surface area contributed by atoms with Crippen LogP contribution in [0.4, 0.5) is 0 Å². The summed E-state index contributed by atoms with van der Waals surface area (Å²) in [6, 6.07) is 13.0. The van der Waals surface area contributed by atoms with Gasteiger partial charge in [0.25, 0.3) is 11.8 Å². The van der Waals surface area contributed by atoms with Crippen LogP contribution in [0.25, 0.3) is 10.9 Å². The Labute approximate surface area is 156 Å². The van der Waals surface area contributed by atoms with E-state index < -0.39 is 5.91 Å². The molecule has 0 saturated heterocycles. The van der Waals surface area contributed by atoms with Crippen molar-refractivity contribution >= 4 is 22.7 Å². The molecule has 4 N–H and O–H groups in total. The Bertz CT molecular complexity index is 994. The van der Waals surface area contributed by atoms with Crippen molar-refractivity contribution in [1.29, 1.82) is 0 Å². The number of amides is 2. The van der Waals surface area contributed by atoms with E-state index in [9.17, 15) is 9.59 Å². The van der Waals surface area contributed by atoms with E-state index in [-0.39, 0.29) is 12.5 Å². The summed E-state index contributed by atoms with van der Waals surface area (Å²) in [6.07, 6.45) is 0. The second-order valence-corrected chi connectivity index (χ2v) is 6.20. The van der Waals surface area contributed by atoms with Crippen LogP contribution in [-0.4, -0.2) is 30.5 Å². The van der Waals surface area contributed by atoms with Crippen molar-refractivity contribution in [3.05, 3.63) is 59.3 Å². The molecule has 0 aliphatic heterocycles. The second-order valence-electron chi connectivity index (χ2n) is 6.20. The number of hydrogen-bond acceptors (Lipinski definition) is 4. The van der Waals surface area contributed by atoms with Crippen LogP contribution in [0.1, 0.15) is 21.6 Å². The van der Waals surface area contributed by atoms with Gasteiger partial charge in [-0.3, -0.25) is 9.59 Å². The number of ether oxygens (including phenoxy) is 2. The average Bonchev–Trinajstić information content (AvgIpc) is 3.07. The minimum Gasteiger partial charge on any atom is -0.493 e. The van der Waals surface area contributed by atoms with Crippen LogP contribution < -0.4 is 20.5 Å². The number of carbonyl (C=O) groups is 2. The molecule has 1 heterocycles. The molecule has 0 aliphatic rings. The minimum atomic E-state index is -0.568. The largest absolute Gasteiger partial charge is 0.493 e. The zero-order chi connectivity index (χ0) is 19.4. The van der Waals surface area contributed by atoms with Gasteiger partial charge in [-0.15, -0.1) is 0 Å². The van der Waals surface area contributed by atoms with E-state index in [2.05, 4.69) is 10.3 Å². The number of fused-ring (bicyclic) bond motifs is 1. The molecule has 3 rings (SSSR count). The summed E-state index contributed by atoms with van der Waals surface area (Å²) in [7, 11) is 1.50. The van der Waals surface area contributed by atoms with E-state index in [0.29, 0.717) is 23.7 Å². The molecule has 1 aromatic heterocycles. The van der Waals surface area contributed by atoms with Gasteiger partial charge in [0.2, 0.25) is 0 Å². The van der Waals surface area contributed by atoms with Gasteiger partial charge in [-0.2, -0.15) is 0 Å². The van der Waals surface area contributed by atoms with Gasteiger partial charge in [-0.25, -0.2) is 0 Å². The fourth-order valence-electron chi connectivity index (χ4n) is 2.74. The lowest BCUT2D eigenvalue weighted by molar-refractivity contribution is -0.119. The fourth-order valence-corrected chi connectivity index (χ4v) is 2.74. The Morgan fingerprint density at radius 3 is 2.67 bits per heavy atom. The Morgan fingerprint density at radius 2 is 1.93 bits per heavy atom. The third kappa shape index (κ3) is 4.38. The summed E-state index contributed by atoms with van der Waals surface area (Å²) in [5.41, 5.74) is 8.47. The zero-order valence-electron chi connectivity index (χ0n) is 15.2. The van der Waals surface area contributed by atoms with Crippen LogP contribution in [-0.2, 0) is 11.3 Å². The van der Waals surface area contributed by atoms with Crippen molar-refractivity contribution in [3.8, 4) is 11.5 Å². The molecular formula is C20H21N3O4. The monoisotopic (exact) mass is 367 g/mol. The van der Waals surface area contributed by atoms with Crippen LogP contribution in [0, 0.1) is 6.92 Å². The van der Waals surface area contributed by atoms with Gasteiger partial charge in [-0.05, 0) is 42.8 Å². The normalized spacial score (nSPS) is 10.6. The molecule has 3 aromatic rings. The second kappa shape index (κ2) is 7.82. The number of benzene rings is 2. The number of aromatic nitrogens is 1. The van der Waals surface area contributed by atoms with Gasteiger partial charge in [0.15, 0.2) is 18.1 Å². The minimum absolute atomic E-state index is 0.197. The Balaban J connectivity index is 1.67. The highest BCUT2D eigenvalue weighted by atomic mass is 16.5. The van der Waals surface area contributed by atoms with E-state index in [0.717, 1.165) is 22.0 Å². The highest BCUT2D eigenvalue weighted by molar-refractivity contribution is 5.98. The highest BCUT2D eigenvalue weighted by Crippen LogP contribution is 2.28. The molecule has 2 aromatic carbocycles. The molecule has 0 saturated carbocycles. The third-order valence-corrected chi connectivity index (χ3v) is 4.07. The van der Waals surface area contributed by atoms with Gasteiger partial charge in [-0.1, -0.05) is 17.7 Å². The first kappa shape index (κ1) is 18.3. The molecule has 7 heteroatoms. The summed E-state index contributed by atoms with van der Waals surface area (Å²) in [4.78, 5) is 26.4. The molecule has 0 aliphatic carbocycles. The summed E-state index contributed by atoms with van der Waals surface area (Å²) in [6.45, 7) is 2.10. The van der Waals surface area contributed by atoms with E-state index >= 15 is 0 Å². The van der Waals surface area contributed by atoms with Crippen molar-refractivity contribution in [3.63, 3.8) is 0 Å². The van der Waals surface area contributed by atoms with Gasteiger partial charge in [0.1, 0.15) is 5.69 Å².